The van der Waals surface area contributed by atoms with Gasteiger partial charge in [-0.05, 0) is 55.0 Å². The van der Waals surface area contributed by atoms with E-state index in [1.165, 1.54) is 23.5 Å². The summed E-state index contributed by atoms with van der Waals surface area (Å²) in [4.78, 5) is 24.7. The van der Waals surface area contributed by atoms with Gasteiger partial charge in [0.2, 0.25) is 5.91 Å². The predicted molar refractivity (Wildman–Crippen MR) is 109 cm³/mol. The highest BCUT2D eigenvalue weighted by Crippen LogP contribution is 2.35. The number of hydrogen-bond acceptors (Lipinski definition) is 7. The fraction of sp³-hybridized carbons (Fsp3) is 0.400. The molecule has 1 amide bonds. The Morgan fingerprint density at radius 3 is 2.41 bits per heavy atom. The second-order valence-corrected chi connectivity index (χ2v) is 10.0. The van der Waals surface area contributed by atoms with Gasteiger partial charge < -0.3 is 15.2 Å². The number of sulfone groups is 1. The van der Waals surface area contributed by atoms with Crippen LogP contribution in [0.1, 0.15) is 35.4 Å². The van der Waals surface area contributed by atoms with E-state index in [4.69, 9.17) is 15.2 Å². The van der Waals surface area contributed by atoms with E-state index in [1.807, 2.05) is 11.4 Å². The highest BCUT2D eigenvalue weighted by molar-refractivity contribution is 7.93. The van der Waals surface area contributed by atoms with Gasteiger partial charge in [0.25, 0.3) is 0 Å². The average molecular weight is 438 g/mol. The van der Waals surface area contributed by atoms with Crippen LogP contribution < -0.4 is 10.5 Å². The average Bonchev–Trinajstić information content (AvgIpc) is 3.27. The Balaban J connectivity index is 1.60. The molecule has 1 aliphatic heterocycles. The first-order valence-electron chi connectivity index (χ1n) is 9.29. The fourth-order valence-corrected chi connectivity index (χ4v) is 5.88. The van der Waals surface area contributed by atoms with Crippen molar-refractivity contribution in [2.45, 2.75) is 35.3 Å². The third-order valence-corrected chi connectivity index (χ3v) is 8.45. The van der Waals surface area contributed by atoms with Crippen LogP contribution in [-0.4, -0.2) is 44.7 Å². The molecular formula is C20H23NO6S2. The van der Waals surface area contributed by atoms with E-state index in [0.29, 0.717) is 25.2 Å². The highest BCUT2D eigenvalue weighted by Gasteiger charge is 2.51. The Morgan fingerprint density at radius 2 is 1.83 bits per heavy atom. The second-order valence-electron chi connectivity index (χ2n) is 6.80. The Kier molecular flexibility index (Phi) is 6.71. The summed E-state index contributed by atoms with van der Waals surface area (Å²) in [5, 5.41) is 1.86. The summed E-state index contributed by atoms with van der Waals surface area (Å²) in [6.45, 7) is 0.687. The molecule has 0 radical (unpaired) electrons. The van der Waals surface area contributed by atoms with Gasteiger partial charge in [0, 0.05) is 19.6 Å². The number of nitrogens with two attached hydrogens (primary N) is 1. The molecule has 0 spiro atoms. The zero-order valence-electron chi connectivity index (χ0n) is 15.8. The van der Waals surface area contributed by atoms with Crippen LogP contribution in [0.3, 0.4) is 0 Å². The molecule has 2 aromatic rings. The minimum Gasteiger partial charge on any atom is -0.494 e. The van der Waals surface area contributed by atoms with Gasteiger partial charge >= 0.3 is 0 Å². The van der Waals surface area contributed by atoms with Crippen molar-refractivity contribution in [1.82, 2.24) is 0 Å². The quantitative estimate of drug-likeness (QED) is 0.477. The maximum Gasteiger partial charge on any atom is 0.239 e. The normalized spacial score (nSPS) is 16.3. The molecule has 0 atom stereocenters. The molecule has 0 saturated carbocycles. The summed E-state index contributed by atoms with van der Waals surface area (Å²) >= 11 is 1.41. The summed E-state index contributed by atoms with van der Waals surface area (Å²) in [7, 11) is -3.95. The molecule has 29 heavy (non-hydrogen) atoms. The van der Waals surface area contributed by atoms with E-state index >= 15 is 0 Å². The third-order valence-electron chi connectivity index (χ3n) is 5.01. The third kappa shape index (κ3) is 4.52. The Morgan fingerprint density at radius 1 is 1.14 bits per heavy atom. The second kappa shape index (κ2) is 9.06. The van der Waals surface area contributed by atoms with Gasteiger partial charge in [0.15, 0.2) is 20.4 Å². The fourth-order valence-electron chi connectivity index (χ4n) is 3.27. The lowest BCUT2D eigenvalue weighted by Crippen LogP contribution is -2.53. The van der Waals surface area contributed by atoms with Gasteiger partial charge in [-0.1, -0.05) is 6.07 Å². The maximum atomic E-state index is 13.1. The number of primary amides is 1. The van der Waals surface area contributed by atoms with E-state index in [9.17, 15) is 18.0 Å². The summed E-state index contributed by atoms with van der Waals surface area (Å²) in [6, 6.07) is 9.56. The molecule has 1 aromatic heterocycles. The number of carbonyl (C=O) groups is 2. The smallest absolute Gasteiger partial charge is 0.239 e. The maximum absolute atomic E-state index is 13.1. The predicted octanol–water partition coefficient (Wildman–Crippen LogP) is 2.60. The van der Waals surface area contributed by atoms with Crippen LogP contribution in [0.4, 0.5) is 0 Å². The number of carbonyl (C=O) groups excluding carboxylic acids is 2. The molecule has 9 heteroatoms. The summed E-state index contributed by atoms with van der Waals surface area (Å²) in [6.07, 6.45) is 1.03. The molecule has 1 saturated heterocycles. The van der Waals surface area contributed by atoms with Crippen LogP contribution in [0.5, 0.6) is 5.75 Å². The molecule has 156 valence electrons. The molecule has 2 N–H and O–H groups in total. The number of Topliss-reactive ketones (excluding diaryl/α,β-unsaturated/α-hetero) is 1. The number of hydrogen-bond donors (Lipinski definition) is 1. The zero-order chi connectivity index (χ0) is 20.9. The molecule has 2 heterocycles. The van der Waals surface area contributed by atoms with E-state index in [2.05, 4.69) is 0 Å². The van der Waals surface area contributed by atoms with Crippen LogP contribution in [0, 0.1) is 0 Å². The van der Waals surface area contributed by atoms with Crippen LogP contribution in [0.25, 0.3) is 0 Å². The van der Waals surface area contributed by atoms with Crippen LogP contribution >= 0.6 is 11.3 Å². The van der Waals surface area contributed by atoms with Crippen molar-refractivity contribution in [3.8, 4) is 5.75 Å². The van der Waals surface area contributed by atoms with Gasteiger partial charge in [-0.2, -0.15) is 0 Å². The van der Waals surface area contributed by atoms with Crippen molar-refractivity contribution in [1.29, 1.82) is 0 Å². The number of benzene rings is 1. The first-order valence-corrected chi connectivity index (χ1v) is 11.6. The van der Waals surface area contributed by atoms with Gasteiger partial charge in [-0.3, -0.25) is 9.59 Å². The molecule has 1 aromatic carbocycles. The van der Waals surface area contributed by atoms with E-state index in [-0.39, 0.29) is 36.7 Å². The van der Waals surface area contributed by atoms with Gasteiger partial charge in [-0.25, -0.2) is 8.42 Å². The highest BCUT2D eigenvalue weighted by atomic mass is 32.2. The first kappa shape index (κ1) is 21.5. The Bertz CT molecular complexity index is 945. The Hall–Kier alpha value is -2.23. The lowest BCUT2D eigenvalue weighted by atomic mass is 9.98. The van der Waals surface area contributed by atoms with Crippen molar-refractivity contribution in [2.75, 3.05) is 19.8 Å². The molecule has 0 aliphatic carbocycles. The SMILES string of the molecule is NC(=O)C1(S(=O)(=O)c2ccc(OCCCC(=O)c3cccs3)cc2)CCOCC1. The van der Waals surface area contributed by atoms with Crippen molar-refractivity contribution in [3.05, 3.63) is 46.7 Å². The largest absolute Gasteiger partial charge is 0.494 e. The molecule has 0 bridgehead atoms. The zero-order valence-corrected chi connectivity index (χ0v) is 17.5. The molecule has 1 fully saturated rings. The summed E-state index contributed by atoms with van der Waals surface area (Å²) in [5.74, 6) is -0.276. The number of ketones is 1. The topological polar surface area (TPSA) is 113 Å². The number of rotatable bonds is 9. The van der Waals surface area contributed by atoms with Crippen molar-refractivity contribution >= 4 is 32.9 Å². The first-order chi connectivity index (χ1) is 13.9. The lowest BCUT2D eigenvalue weighted by Gasteiger charge is -2.33. The van der Waals surface area contributed by atoms with Crippen LogP contribution in [0.15, 0.2) is 46.7 Å². The van der Waals surface area contributed by atoms with Crippen molar-refractivity contribution < 1.29 is 27.5 Å². The van der Waals surface area contributed by atoms with Gasteiger partial charge in [0.05, 0.1) is 16.4 Å². The lowest BCUT2D eigenvalue weighted by molar-refractivity contribution is -0.122. The number of amides is 1. The number of thiophene rings is 1. The van der Waals surface area contributed by atoms with E-state index in [1.54, 1.807) is 18.2 Å². The monoisotopic (exact) mass is 437 g/mol. The number of ether oxygens (including phenoxy) is 2. The van der Waals surface area contributed by atoms with E-state index in [0.717, 1.165) is 4.88 Å². The molecular weight excluding hydrogens is 414 g/mol. The standard InChI is InChI=1S/C20H23NO6S2/c21-19(23)20(9-12-26-13-10-20)29(24,25)16-7-5-15(6-8-16)27-11-1-3-17(22)18-4-2-14-28-18/h2,4-8,14H,1,3,9-13H2,(H2,21,23). The molecule has 3 rings (SSSR count). The van der Waals surface area contributed by atoms with Crippen molar-refractivity contribution in [2.24, 2.45) is 5.73 Å². The molecule has 1 aliphatic rings. The van der Waals surface area contributed by atoms with E-state index < -0.39 is 20.5 Å². The molecule has 7 nitrogen and oxygen atoms in total. The van der Waals surface area contributed by atoms with Crippen LogP contribution in [0.2, 0.25) is 0 Å². The minimum atomic E-state index is -3.95. The van der Waals surface area contributed by atoms with Gasteiger partial charge in [0.1, 0.15) is 5.75 Å². The summed E-state index contributed by atoms with van der Waals surface area (Å²) < 4.78 is 35.3. The Labute approximate surface area is 173 Å². The van der Waals surface area contributed by atoms with Crippen LogP contribution in [-0.2, 0) is 19.4 Å². The molecule has 0 unspecified atom stereocenters. The van der Waals surface area contributed by atoms with Crippen molar-refractivity contribution in [3.63, 3.8) is 0 Å². The minimum absolute atomic E-state index is 0.0263. The van der Waals surface area contributed by atoms with Gasteiger partial charge in [-0.15, -0.1) is 11.3 Å². The summed E-state index contributed by atoms with van der Waals surface area (Å²) in [5.41, 5.74) is 5.47.